The second kappa shape index (κ2) is 3.29. The van der Waals surface area contributed by atoms with Crippen LogP contribution in [0.25, 0.3) is 0 Å². The molecule has 1 aromatic carbocycles. The van der Waals surface area contributed by atoms with Gasteiger partial charge in [-0.05, 0) is 11.9 Å². The van der Waals surface area contributed by atoms with E-state index in [-0.39, 0.29) is 0 Å². The van der Waals surface area contributed by atoms with Crippen LogP contribution in [0.15, 0.2) is 30.2 Å². The summed E-state index contributed by atoms with van der Waals surface area (Å²) >= 11 is 0. The van der Waals surface area contributed by atoms with Crippen molar-refractivity contribution in [2.45, 2.75) is 19.7 Å². The lowest BCUT2D eigenvalue weighted by molar-refractivity contribution is 0.922. The Morgan fingerprint density at radius 3 is 2.67 bits per heavy atom. The van der Waals surface area contributed by atoms with E-state index in [0.29, 0.717) is 0 Å². The molecule has 0 heterocycles. The fourth-order valence-corrected chi connectivity index (χ4v) is 0.438. The largest absolute Gasteiger partial charge is 0.0651 e. The highest BCUT2D eigenvalue weighted by Gasteiger charge is 1.84. The molecule has 0 aliphatic carbocycles. The van der Waals surface area contributed by atoms with Crippen molar-refractivity contribution in [3.8, 4) is 0 Å². The van der Waals surface area contributed by atoms with Crippen molar-refractivity contribution in [1.82, 2.24) is 0 Å². The molecule has 0 N–H and O–H groups in total. The van der Waals surface area contributed by atoms with Crippen LogP contribution in [-0.4, -0.2) is 0 Å². The molecule has 0 heteroatoms. The summed E-state index contributed by atoms with van der Waals surface area (Å²) in [5.74, 6) is 0. The van der Waals surface area contributed by atoms with E-state index in [1.165, 1.54) is 0 Å². The van der Waals surface area contributed by atoms with Gasteiger partial charge in [0.05, 0.1) is 6.85 Å². The van der Waals surface area contributed by atoms with Crippen LogP contribution in [0.3, 0.4) is 0 Å². The lowest BCUT2D eigenvalue weighted by atomic mass is 10.1. The quantitative estimate of drug-likeness (QED) is 0.576. The van der Waals surface area contributed by atoms with Gasteiger partial charge < -0.3 is 0 Å². The van der Waals surface area contributed by atoms with Gasteiger partial charge in [0.1, 0.15) is 0 Å². The molecule has 0 aliphatic rings. The molecule has 0 nitrogen and oxygen atoms in total. The van der Waals surface area contributed by atoms with Gasteiger partial charge in [-0.15, -0.1) is 0 Å². The molecular formula is C9H12. The number of benzene rings is 1. The van der Waals surface area contributed by atoms with Gasteiger partial charge in [-0.3, -0.25) is 0 Å². The van der Waals surface area contributed by atoms with Crippen molar-refractivity contribution in [1.29, 1.82) is 0 Å². The average Bonchev–Trinajstić information content (AvgIpc) is 2.22. The Morgan fingerprint density at radius 2 is 2.11 bits per heavy atom. The van der Waals surface area contributed by atoms with E-state index in [1.807, 2.05) is 0 Å². The van der Waals surface area contributed by atoms with Crippen LogP contribution < -0.4 is 0 Å². The zero-order valence-electron chi connectivity index (χ0n) is 14.0. The summed E-state index contributed by atoms with van der Waals surface area (Å²) in [5.41, 5.74) is -0.652. The minimum Gasteiger partial charge on any atom is -0.0651 e. The van der Waals surface area contributed by atoms with Gasteiger partial charge in [0.25, 0.3) is 0 Å². The van der Waals surface area contributed by atoms with Gasteiger partial charge in [0, 0.05) is 5.48 Å². The molecule has 0 atom stereocenters. The molecule has 0 amide bonds. The van der Waals surface area contributed by atoms with Gasteiger partial charge >= 0.3 is 0 Å². The second-order valence-electron chi connectivity index (χ2n) is 1.38. The second-order valence-corrected chi connectivity index (χ2v) is 1.38. The highest BCUT2D eigenvalue weighted by atomic mass is 13.9. The van der Waals surface area contributed by atoms with E-state index in [1.54, 1.807) is 0 Å². The number of rotatable bonds is 2. The summed E-state index contributed by atoms with van der Waals surface area (Å²) in [6, 6.07) is -3.38. The maximum absolute atomic E-state index is 7.69. The first-order chi connectivity index (χ1) is 7.93. The summed E-state index contributed by atoms with van der Waals surface area (Å²) in [5, 5.41) is 0. The van der Waals surface area contributed by atoms with E-state index in [4.69, 9.17) is 12.3 Å². The molecule has 0 saturated carbocycles. The Kier molecular flexibility index (Phi) is 0.528. The van der Waals surface area contributed by atoms with Crippen molar-refractivity contribution in [2.24, 2.45) is 0 Å². The molecule has 1 aromatic rings. The summed E-state index contributed by atoms with van der Waals surface area (Å²) < 4.78 is 67.6. The van der Waals surface area contributed by atoms with Crippen LogP contribution in [0, 0.1) is 0 Å². The Bertz CT molecular complexity index is 457. The molecular weight excluding hydrogens is 108 g/mol. The summed E-state index contributed by atoms with van der Waals surface area (Å²) in [7, 11) is 0. The molecule has 0 unspecified atom stereocenters. The zero-order chi connectivity index (χ0) is 14.5. The Labute approximate surface area is 69.2 Å². The monoisotopic (exact) mass is 129 g/mol. The Balaban J connectivity index is 3.72. The third-order valence-electron chi connectivity index (χ3n) is 0.750. The minimum absolute atomic E-state index is 0.624. The van der Waals surface area contributed by atoms with Gasteiger partial charge in [0.15, 0.2) is 0 Å². The predicted molar refractivity (Wildman–Crippen MR) is 40.4 cm³/mol. The highest BCUT2D eigenvalue weighted by molar-refractivity contribution is 5.14. The normalized spacial score (nSPS) is 27.0. The first-order valence-electron chi connectivity index (χ1n) is 7.00. The standard InChI is InChI=1S/C9H12/c1-2-6-9-7-4-3-5-8-9/h3-5,7-8H,2,6H2,1H3/i2D2,3D,4D,5D,6D2,7D,8D. The fourth-order valence-electron chi connectivity index (χ4n) is 0.438. The zero-order valence-corrected chi connectivity index (χ0v) is 5.00. The Hall–Kier alpha value is -0.780. The molecule has 0 saturated heterocycles. The Morgan fingerprint density at radius 1 is 1.44 bits per heavy atom. The van der Waals surface area contributed by atoms with Gasteiger partial charge in [-0.2, -0.15) is 0 Å². The number of hydrogen-bond acceptors (Lipinski definition) is 0. The van der Waals surface area contributed by atoms with Crippen LogP contribution in [0.4, 0.5) is 0 Å². The van der Waals surface area contributed by atoms with Crippen molar-refractivity contribution >= 4 is 0 Å². The molecule has 0 bridgehead atoms. The lowest BCUT2D eigenvalue weighted by Gasteiger charge is -1.93. The van der Waals surface area contributed by atoms with E-state index in [2.05, 4.69) is 0 Å². The first-order valence-corrected chi connectivity index (χ1v) is 2.50. The molecule has 0 aliphatic heterocycles. The topological polar surface area (TPSA) is 0 Å². The van der Waals surface area contributed by atoms with Crippen LogP contribution in [-0.2, 0) is 6.37 Å². The first kappa shape index (κ1) is 1.45. The van der Waals surface area contributed by atoms with E-state index >= 15 is 0 Å². The predicted octanol–water partition coefficient (Wildman–Crippen LogP) is 2.64. The van der Waals surface area contributed by atoms with Gasteiger partial charge in [-0.1, -0.05) is 43.5 Å². The van der Waals surface area contributed by atoms with Crippen LogP contribution in [0.5, 0.6) is 0 Å². The van der Waals surface area contributed by atoms with E-state index in [9.17, 15) is 0 Å². The molecule has 48 valence electrons. The third kappa shape index (κ3) is 1.88. The SMILES string of the molecule is [2H]c1c([2H])c([2H])c(C([2H])([2H])C([2H])([2H])C)c([2H])c1[2H]. The molecule has 9 heavy (non-hydrogen) atoms. The van der Waals surface area contributed by atoms with Crippen LogP contribution in [0.1, 0.15) is 31.2 Å². The van der Waals surface area contributed by atoms with Crippen molar-refractivity contribution in [3.63, 3.8) is 0 Å². The molecule has 1 rings (SSSR count). The van der Waals surface area contributed by atoms with Gasteiger partial charge in [-0.25, -0.2) is 0 Å². The smallest absolute Gasteiger partial charge is 0.0626 e. The maximum atomic E-state index is 7.69. The van der Waals surface area contributed by atoms with Crippen molar-refractivity contribution in [2.75, 3.05) is 0 Å². The summed E-state index contributed by atoms with van der Waals surface area (Å²) in [6.45, 7) is 0.966. The lowest BCUT2D eigenvalue weighted by Crippen LogP contribution is -1.78. The van der Waals surface area contributed by atoms with Crippen molar-refractivity contribution < 1.29 is 12.3 Å². The molecule has 0 spiro atoms. The molecule has 0 fully saturated rings. The molecule has 0 radical (unpaired) electrons. The van der Waals surface area contributed by atoms with Crippen molar-refractivity contribution in [3.05, 3.63) is 35.8 Å². The minimum atomic E-state index is -2.68. The summed E-state index contributed by atoms with van der Waals surface area (Å²) in [6.07, 6.45) is -5.05. The number of hydrogen-bond donors (Lipinski definition) is 0. The van der Waals surface area contributed by atoms with Crippen LogP contribution >= 0.6 is 0 Å². The highest BCUT2D eigenvalue weighted by Crippen LogP contribution is 2.00. The fraction of sp³-hybridized carbons (Fsp3) is 0.333. The molecule has 0 aromatic heterocycles. The summed E-state index contributed by atoms with van der Waals surface area (Å²) in [4.78, 5) is 0. The van der Waals surface area contributed by atoms with Crippen LogP contribution in [0.2, 0.25) is 0 Å². The maximum Gasteiger partial charge on any atom is 0.0626 e. The average molecular weight is 129 g/mol. The van der Waals surface area contributed by atoms with E-state index < -0.39 is 48.5 Å². The third-order valence-corrected chi connectivity index (χ3v) is 0.750. The van der Waals surface area contributed by atoms with E-state index in [0.717, 1.165) is 6.92 Å². The van der Waals surface area contributed by atoms with Gasteiger partial charge in [0.2, 0.25) is 0 Å².